The van der Waals surface area contributed by atoms with Crippen LogP contribution in [0, 0.1) is 0 Å². The van der Waals surface area contributed by atoms with Crippen LogP contribution in [0.15, 0.2) is 16.9 Å². The molecule has 0 aliphatic carbocycles. The molecule has 11 heavy (non-hydrogen) atoms. The molecule has 0 amide bonds. The normalized spacial score (nSPS) is 9.73. The molecule has 0 saturated carbocycles. The van der Waals surface area contributed by atoms with Crippen molar-refractivity contribution in [3.05, 3.63) is 22.4 Å². The molecule has 1 rings (SSSR count). The number of aliphatic hydroxyl groups excluding tert-OH is 1. The number of methoxy groups -OCH3 is 1. The number of hydrogen-bond acceptors (Lipinski definition) is 3. The molecule has 0 radical (unpaired) electrons. The van der Waals surface area contributed by atoms with E-state index in [1.165, 1.54) is 0 Å². The molecule has 0 aromatic carbocycles. The Morgan fingerprint density at radius 3 is 2.91 bits per heavy atom. The molecular weight excluding hydrogens is 210 g/mol. The highest BCUT2D eigenvalue weighted by Gasteiger charge is 2.05. The molecule has 1 heterocycles. The van der Waals surface area contributed by atoms with E-state index >= 15 is 0 Å². The predicted octanol–water partition coefficient (Wildman–Crippen LogP) is 1.34. The Kier molecular flexibility index (Phi) is 2.84. The van der Waals surface area contributed by atoms with Gasteiger partial charge in [0.15, 0.2) is 0 Å². The van der Waals surface area contributed by atoms with Gasteiger partial charge >= 0.3 is 0 Å². The van der Waals surface area contributed by atoms with E-state index in [-0.39, 0.29) is 6.61 Å². The zero-order chi connectivity index (χ0) is 8.27. The topological polar surface area (TPSA) is 42.4 Å². The van der Waals surface area contributed by atoms with Crippen molar-refractivity contribution < 1.29 is 9.84 Å². The van der Waals surface area contributed by atoms with Crippen LogP contribution < -0.4 is 4.74 Å². The number of aliphatic hydroxyl groups is 1. The monoisotopic (exact) mass is 217 g/mol. The van der Waals surface area contributed by atoms with Crippen molar-refractivity contribution in [3.8, 4) is 5.75 Å². The second kappa shape index (κ2) is 3.69. The molecular formula is C7H8BrNO2. The third-order valence-corrected chi connectivity index (χ3v) is 2.02. The van der Waals surface area contributed by atoms with Gasteiger partial charge in [0, 0.05) is 6.20 Å². The van der Waals surface area contributed by atoms with Crippen LogP contribution >= 0.6 is 15.9 Å². The van der Waals surface area contributed by atoms with Gasteiger partial charge in [0.2, 0.25) is 0 Å². The average Bonchev–Trinajstić information content (AvgIpc) is 2.04. The zero-order valence-corrected chi connectivity index (χ0v) is 7.63. The van der Waals surface area contributed by atoms with Gasteiger partial charge in [-0.3, -0.25) is 0 Å². The molecule has 0 fully saturated rings. The summed E-state index contributed by atoms with van der Waals surface area (Å²) in [4.78, 5) is 3.94. The fourth-order valence-electron chi connectivity index (χ4n) is 0.785. The third-order valence-electron chi connectivity index (χ3n) is 1.34. The van der Waals surface area contributed by atoms with Crippen molar-refractivity contribution in [2.75, 3.05) is 7.11 Å². The van der Waals surface area contributed by atoms with Crippen LogP contribution in [0.2, 0.25) is 0 Å². The number of halogens is 1. The lowest BCUT2D eigenvalue weighted by Crippen LogP contribution is -1.94. The van der Waals surface area contributed by atoms with Crippen molar-refractivity contribution in [2.24, 2.45) is 0 Å². The maximum Gasteiger partial charge on any atom is 0.128 e. The Bertz CT molecular complexity index is 252. The first kappa shape index (κ1) is 8.49. The number of nitrogens with zero attached hydrogens (tertiary/aromatic N) is 1. The molecule has 1 N–H and O–H groups in total. The van der Waals surface area contributed by atoms with E-state index in [0.717, 1.165) is 0 Å². The molecule has 0 bridgehead atoms. The lowest BCUT2D eigenvalue weighted by molar-refractivity contribution is 0.272. The summed E-state index contributed by atoms with van der Waals surface area (Å²) in [5.41, 5.74) is 0.676. The van der Waals surface area contributed by atoms with Gasteiger partial charge in [0.1, 0.15) is 10.4 Å². The van der Waals surface area contributed by atoms with Gasteiger partial charge in [-0.1, -0.05) is 0 Å². The highest BCUT2D eigenvalue weighted by Crippen LogP contribution is 2.23. The molecule has 3 nitrogen and oxygen atoms in total. The minimum atomic E-state index is -0.0718. The summed E-state index contributed by atoms with van der Waals surface area (Å²) in [5, 5.41) is 8.88. The van der Waals surface area contributed by atoms with Crippen LogP contribution in [0.4, 0.5) is 0 Å². The second-order valence-corrected chi connectivity index (χ2v) is 2.69. The lowest BCUT2D eigenvalue weighted by Gasteiger charge is -2.05. The Morgan fingerprint density at radius 1 is 1.73 bits per heavy atom. The first-order valence-electron chi connectivity index (χ1n) is 3.07. The van der Waals surface area contributed by atoms with Crippen molar-refractivity contribution in [3.63, 3.8) is 0 Å². The van der Waals surface area contributed by atoms with Crippen LogP contribution in [0.25, 0.3) is 0 Å². The third kappa shape index (κ3) is 1.70. The molecule has 1 aromatic heterocycles. The van der Waals surface area contributed by atoms with E-state index in [2.05, 4.69) is 20.9 Å². The van der Waals surface area contributed by atoms with E-state index in [1.807, 2.05) is 0 Å². The van der Waals surface area contributed by atoms with Crippen LogP contribution in [0.5, 0.6) is 5.75 Å². The minimum absolute atomic E-state index is 0.0718. The summed E-state index contributed by atoms with van der Waals surface area (Å²) in [6.07, 6.45) is 1.61. The SMILES string of the molecule is COc1ccnc(Br)c1CO. The van der Waals surface area contributed by atoms with Crippen LogP contribution in [-0.4, -0.2) is 17.2 Å². The van der Waals surface area contributed by atoms with Gasteiger partial charge in [-0.15, -0.1) is 0 Å². The smallest absolute Gasteiger partial charge is 0.128 e. The van der Waals surface area contributed by atoms with E-state index < -0.39 is 0 Å². The van der Waals surface area contributed by atoms with Crippen molar-refractivity contribution in [1.29, 1.82) is 0 Å². The van der Waals surface area contributed by atoms with Gasteiger partial charge in [0.25, 0.3) is 0 Å². The lowest BCUT2D eigenvalue weighted by atomic mass is 10.3. The maximum absolute atomic E-state index is 8.88. The van der Waals surface area contributed by atoms with Crippen LogP contribution in [0.3, 0.4) is 0 Å². The number of ether oxygens (including phenoxy) is 1. The zero-order valence-electron chi connectivity index (χ0n) is 6.04. The van der Waals surface area contributed by atoms with Crippen LogP contribution in [0.1, 0.15) is 5.56 Å². The maximum atomic E-state index is 8.88. The van der Waals surface area contributed by atoms with Gasteiger partial charge in [-0.25, -0.2) is 4.98 Å². The molecule has 0 spiro atoms. The Morgan fingerprint density at radius 2 is 2.45 bits per heavy atom. The van der Waals surface area contributed by atoms with Crippen molar-refractivity contribution in [2.45, 2.75) is 6.61 Å². The fraction of sp³-hybridized carbons (Fsp3) is 0.286. The van der Waals surface area contributed by atoms with E-state index in [4.69, 9.17) is 9.84 Å². The number of hydrogen-bond donors (Lipinski definition) is 1. The fourth-order valence-corrected chi connectivity index (χ4v) is 1.22. The first-order valence-corrected chi connectivity index (χ1v) is 3.87. The molecule has 0 aliphatic rings. The highest BCUT2D eigenvalue weighted by molar-refractivity contribution is 9.10. The Labute approximate surface area is 73.2 Å². The van der Waals surface area contributed by atoms with Gasteiger partial charge in [0.05, 0.1) is 19.3 Å². The Balaban J connectivity index is 3.13. The summed E-state index contributed by atoms with van der Waals surface area (Å²) < 4.78 is 5.61. The van der Waals surface area contributed by atoms with E-state index in [0.29, 0.717) is 15.9 Å². The molecule has 0 atom stereocenters. The molecule has 0 unspecified atom stereocenters. The van der Waals surface area contributed by atoms with Gasteiger partial charge in [-0.05, 0) is 22.0 Å². The van der Waals surface area contributed by atoms with Crippen molar-refractivity contribution >= 4 is 15.9 Å². The van der Waals surface area contributed by atoms with Crippen molar-refractivity contribution in [1.82, 2.24) is 4.98 Å². The number of pyridine rings is 1. The van der Waals surface area contributed by atoms with E-state index in [9.17, 15) is 0 Å². The largest absolute Gasteiger partial charge is 0.496 e. The summed E-state index contributed by atoms with van der Waals surface area (Å²) >= 11 is 3.20. The van der Waals surface area contributed by atoms with E-state index in [1.54, 1.807) is 19.4 Å². The molecule has 1 aromatic rings. The molecule has 4 heteroatoms. The Hall–Kier alpha value is -0.610. The summed E-state index contributed by atoms with van der Waals surface area (Å²) in [6, 6.07) is 1.70. The summed E-state index contributed by atoms with van der Waals surface area (Å²) in [7, 11) is 1.56. The predicted molar refractivity (Wildman–Crippen MR) is 44.4 cm³/mol. The molecule has 0 aliphatic heterocycles. The molecule has 0 saturated heterocycles. The second-order valence-electron chi connectivity index (χ2n) is 1.94. The first-order chi connectivity index (χ1) is 5.29. The number of rotatable bonds is 2. The minimum Gasteiger partial charge on any atom is -0.496 e. The van der Waals surface area contributed by atoms with Gasteiger partial charge < -0.3 is 9.84 Å². The standard InChI is InChI=1S/C7H8BrNO2/c1-11-6-2-3-9-7(8)5(6)4-10/h2-3,10H,4H2,1H3. The summed E-state index contributed by atoms with van der Waals surface area (Å²) in [5.74, 6) is 0.648. The average molecular weight is 218 g/mol. The van der Waals surface area contributed by atoms with Crippen LogP contribution in [-0.2, 0) is 6.61 Å². The number of aromatic nitrogens is 1. The quantitative estimate of drug-likeness (QED) is 0.761. The molecule has 60 valence electrons. The summed E-state index contributed by atoms with van der Waals surface area (Å²) in [6.45, 7) is -0.0718. The highest BCUT2D eigenvalue weighted by atomic mass is 79.9. The van der Waals surface area contributed by atoms with Gasteiger partial charge in [-0.2, -0.15) is 0 Å².